The minimum Gasteiger partial charge on any atom is -0.347 e. The fourth-order valence-electron chi connectivity index (χ4n) is 2.31. The quantitative estimate of drug-likeness (QED) is 0.750. The molecule has 0 bridgehead atoms. The average Bonchev–Trinajstić information content (AvgIpc) is 2.62. The number of hydrogen-bond donors (Lipinski definition) is 2. The summed E-state index contributed by atoms with van der Waals surface area (Å²) in [5.74, 6) is 0.880. The number of carbonyl (C=O) groups is 1. The van der Waals surface area contributed by atoms with Gasteiger partial charge in [0.25, 0.3) is 5.91 Å². The van der Waals surface area contributed by atoms with E-state index >= 15 is 0 Å². The number of benzene rings is 1. The van der Waals surface area contributed by atoms with Gasteiger partial charge < -0.3 is 10.6 Å². The summed E-state index contributed by atoms with van der Waals surface area (Å²) in [5.41, 5.74) is 3.40. The van der Waals surface area contributed by atoms with Crippen LogP contribution in [0.4, 0.5) is 11.5 Å². The second kappa shape index (κ2) is 7.53. The number of rotatable bonds is 5. The van der Waals surface area contributed by atoms with Crippen molar-refractivity contribution in [1.82, 2.24) is 20.3 Å². The molecule has 0 aliphatic heterocycles. The van der Waals surface area contributed by atoms with Crippen molar-refractivity contribution >= 4 is 17.4 Å². The van der Waals surface area contributed by atoms with Crippen molar-refractivity contribution in [2.45, 2.75) is 20.4 Å². The van der Waals surface area contributed by atoms with E-state index in [1.807, 2.05) is 43.3 Å². The van der Waals surface area contributed by atoms with E-state index in [1.165, 1.54) is 5.56 Å². The Hall–Kier alpha value is -3.28. The first-order valence-corrected chi connectivity index (χ1v) is 7.96. The normalized spacial score (nSPS) is 10.3. The largest absolute Gasteiger partial charge is 0.347 e. The topological polar surface area (TPSA) is 79.8 Å². The highest BCUT2D eigenvalue weighted by atomic mass is 16.1. The lowest BCUT2D eigenvalue weighted by atomic mass is 10.2. The van der Waals surface area contributed by atoms with Crippen LogP contribution in [-0.4, -0.2) is 20.9 Å². The molecule has 0 radical (unpaired) electrons. The SMILES string of the molecule is Cc1ccc(Nc2cc(C(=O)NCc3ccncc3)nc(C)n2)cc1. The van der Waals surface area contributed by atoms with Gasteiger partial charge in [0.15, 0.2) is 0 Å². The van der Waals surface area contributed by atoms with Crippen molar-refractivity contribution in [2.24, 2.45) is 0 Å². The summed E-state index contributed by atoms with van der Waals surface area (Å²) in [5, 5.41) is 6.06. The van der Waals surface area contributed by atoms with Crippen molar-refractivity contribution < 1.29 is 4.79 Å². The third-order valence-electron chi connectivity index (χ3n) is 3.60. The number of nitrogens with one attached hydrogen (secondary N) is 2. The molecule has 0 saturated heterocycles. The van der Waals surface area contributed by atoms with Crippen LogP contribution >= 0.6 is 0 Å². The summed E-state index contributed by atoms with van der Waals surface area (Å²) in [4.78, 5) is 24.9. The van der Waals surface area contributed by atoms with Crippen LogP contribution in [0.2, 0.25) is 0 Å². The van der Waals surface area contributed by atoms with Crippen LogP contribution in [0.15, 0.2) is 54.9 Å². The highest BCUT2D eigenvalue weighted by molar-refractivity contribution is 5.93. The lowest BCUT2D eigenvalue weighted by molar-refractivity contribution is 0.0945. The maximum absolute atomic E-state index is 12.4. The maximum Gasteiger partial charge on any atom is 0.270 e. The summed E-state index contributed by atoms with van der Waals surface area (Å²) in [7, 11) is 0. The zero-order valence-electron chi connectivity index (χ0n) is 14.2. The molecule has 2 aromatic heterocycles. The monoisotopic (exact) mass is 333 g/mol. The van der Waals surface area contributed by atoms with Crippen LogP contribution in [0, 0.1) is 13.8 Å². The highest BCUT2D eigenvalue weighted by Gasteiger charge is 2.10. The van der Waals surface area contributed by atoms with Crippen LogP contribution < -0.4 is 10.6 Å². The number of aryl methyl sites for hydroxylation is 2. The third kappa shape index (κ3) is 4.60. The molecule has 0 fully saturated rings. The Morgan fingerprint density at radius 1 is 1.00 bits per heavy atom. The molecule has 6 nitrogen and oxygen atoms in total. The van der Waals surface area contributed by atoms with E-state index in [2.05, 4.69) is 25.6 Å². The van der Waals surface area contributed by atoms with E-state index in [9.17, 15) is 4.79 Å². The summed E-state index contributed by atoms with van der Waals surface area (Å²) in [6.45, 7) is 4.22. The Bertz CT molecular complexity index is 863. The summed E-state index contributed by atoms with van der Waals surface area (Å²) >= 11 is 0. The predicted octanol–water partition coefficient (Wildman–Crippen LogP) is 3.16. The van der Waals surface area contributed by atoms with Gasteiger partial charge in [0.2, 0.25) is 0 Å². The van der Waals surface area contributed by atoms with Gasteiger partial charge in [-0.1, -0.05) is 17.7 Å². The van der Waals surface area contributed by atoms with Crippen LogP contribution in [0.1, 0.15) is 27.4 Å². The minimum atomic E-state index is -0.241. The number of pyridine rings is 1. The van der Waals surface area contributed by atoms with E-state index in [-0.39, 0.29) is 5.91 Å². The number of nitrogens with zero attached hydrogens (tertiary/aromatic N) is 3. The standard InChI is InChI=1S/C19H19N5O/c1-13-3-5-16(6-4-13)24-18-11-17(22-14(2)23-18)19(25)21-12-15-7-9-20-10-8-15/h3-11H,12H2,1-2H3,(H,21,25)(H,22,23,24). The molecule has 6 heteroatoms. The van der Waals surface area contributed by atoms with Crippen molar-refractivity contribution in [3.63, 3.8) is 0 Å². The summed E-state index contributed by atoms with van der Waals surface area (Å²) < 4.78 is 0. The number of anilines is 2. The first-order valence-electron chi connectivity index (χ1n) is 7.96. The molecule has 0 saturated carbocycles. The van der Waals surface area contributed by atoms with E-state index in [1.54, 1.807) is 25.4 Å². The van der Waals surface area contributed by atoms with Gasteiger partial charge in [-0.3, -0.25) is 9.78 Å². The number of hydrogen-bond acceptors (Lipinski definition) is 5. The van der Waals surface area contributed by atoms with Crippen LogP contribution in [0.3, 0.4) is 0 Å². The van der Waals surface area contributed by atoms with E-state index in [4.69, 9.17) is 0 Å². The third-order valence-corrected chi connectivity index (χ3v) is 3.60. The lowest BCUT2D eigenvalue weighted by Crippen LogP contribution is -2.24. The maximum atomic E-state index is 12.4. The van der Waals surface area contributed by atoms with Gasteiger partial charge in [0, 0.05) is 30.7 Å². The molecule has 1 aromatic carbocycles. The molecule has 0 atom stereocenters. The Kier molecular flexibility index (Phi) is 4.99. The fraction of sp³-hybridized carbons (Fsp3) is 0.158. The number of carbonyl (C=O) groups excluding carboxylic acids is 1. The Labute approximate surface area is 146 Å². The Morgan fingerprint density at radius 2 is 1.72 bits per heavy atom. The molecular formula is C19H19N5O. The molecule has 2 heterocycles. The molecule has 1 amide bonds. The predicted molar refractivity (Wildman–Crippen MR) is 96.6 cm³/mol. The molecule has 0 aliphatic rings. The summed E-state index contributed by atoms with van der Waals surface area (Å²) in [6.07, 6.45) is 3.39. The average molecular weight is 333 g/mol. The van der Waals surface area contributed by atoms with Gasteiger partial charge in [-0.05, 0) is 43.7 Å². The second-order valence-electron chi connectivity index (χ2n) is 5.71. The Balaban J connectivity index is 1.72. The van der Waals surface area contributed by atoms with Crippen molar-refractivity contribution in [2.75, 3.05) is 5.32 Å². The molecule has 0 aliphatic carbocycles. The highest BCUT2D eigenvalue weighted by Crippen LogP contribution is 2.16. The van der Waals surface area contributed by atoms with Gasteiger partial charge in [-0.25, -0.2) is 9.97 Å². The number of aromatic nitrogens is 3. The van der Waals surface area contributed by atoms with Gasteiger partial charge in [0.1, 0.15) is 17.3 Å². The van der Waals surface area contributed by atoms with Crippen LogP contribution in [0.5, 0.6) is 0 Å². The molecule has 0 spiro atoms. The van der Waals surface area contributed by atoms with Crippen LogP contribution in [0.25, 0.3) is 0 Å². The summed E-state index contributed by atoms with van der Waals surface area (Å²) in [6, 6.07) is 13.3. The smallest absolute Gasteiger partial charge is 0.270 e. The zero-order valence-corrected chi connectivity index (χ0v) is 14.2. The molecule has 126 valence electrons. The van der Waals surface area contributed by atoms with E-state index in [0.29, 0.717) is 23.9 Å². The minimum absolute atomic E-state index is 0.241. The van der Waals surface area contributed by atoms with Gasteiger partial charge in [-0.2, -0.15) is 0 Å². The molecule has 3 aromatic rings. The Morgan fingerprint density at radius 3 is 2.44 bits per heavy atom. The van der Waals surface area contributed by atoms with Crippen molar-refractivity contribution in [3.8, 4) is 0 Å². The zero-order chi connectivity index (χ0) is 17.6. The van der Waals surface area contributed by atoms with E-state index < -0.39 is 0 Å². The van der Waals surface area contributed by atoms with Gasteiger partial charge in [0.05, 0.1) is 0 Å². The first-order chi connectivity index (χ1) is 12.1. The van der Waals surface area contributed by atoms with Gasteiger partial charge >= 0.3 is 0 Å². The fourth-order valence-corrected chi connectivity index (χ4v) is 2.31. The van der Waals surface area contributed by atoms with Gasteiger partial charge in [-0.15, -0.1) is 0 Å². The van der Waals surface area contributed by atoms with Crippen molar-refractivity contribution in [1.29, 1.82) is 0 Å². The van der Waals surface area contributed by atoms with Crippen LogP contribution in [-0.2, 0) is 6.54 Å². The van der Waals surface area contributed by atoms with Crippen molar-refractivity contribution in [3.05, 3.63) is 77.5 Å². The molecule has 2 N–H and O–H groups in total. The molecular weight excluding hydrogens is 314 g/mol. The molecule has 0 unspecified atom stereocenters. The molecule has 25 heavy (non-hydrogen) atoms. The first kappa shape index (κ1) is 16.6. The lowest BCUT2D eigenvalue weighted by Gasteiger charge is -2.09. The molecule has 3 rings (SSSR count). The second-order valence-corrected chi connectivity index (χ2v) is 5.71. The number of amides is 1. The van der Waals surface area contributed by atoms with E-state index in [0.717, 1.165) is 11.3 Å².